The maximum atomic E-state index is 13.4. The van der Waals surface area contributed by atoms with Crippen LogP contribution in [0.3, 0.4) is 0 Å². The maximum Gasteiger partial charge on any atom is 0.295 e. The number of aryl methyl sites for hydroxylation is 1. The summed E-state index contributed by atoms with van der Waals surface area (Å²) in [5.74, 6) is -0.155. The predicted octanol–water partition coefficient (Wildman–Crippen LogP) is 6.59. The summed E-state index contributed by atoms with van der Waals surface area (Å²) in [6, 6.07) is 31.1. The quantitative estimate of drug-likeness (QED) is 0.149. The number of aliphatic hydroxyl groups is 1. The number of ketones is 1. The van der Waals surface area contributed by atoms with Gasteiger partial charge in [-0.2, -0.15) is 0 Å². The average Bonchev–Trinajstić information content (AvgIpc) is 3.23. The van der Waals surface area contributed by atoms with Crippen molar-refractivity contribution in [2.75, 3.05) is 6.61 Å². The second-order valence-electron chi connectivity index (χ2n) is 9.67. The van der Waals surface area contributed by atoms with Crippen molar-refractivity contribution in [1.29, 1.82) is 0 Å². The van der Waals surface area contributed by atoms with Crippen molar-refractivity contribution in [2.24, 2.45) is 0 Å². The van der Waals surface area contributed by atoms with Crippen molar-refractivity contribution >= 4 is 17.4 Å². The van der Waals surface area contributed by atoms with E-state index in [2.05, 4.69) is 0 Å². The molecular weight excluding hydrogens is 502 g/mol. The lowest BCUT2D eigenvalue weighted by atomic mass is 9.94. The van der Waals surface area contributed by atoms with Crippen molar-refractivity contribution in [1.82, 2.24) is 4.90 Å². The summed E-state index contributed by atoms with van der Waals surface area (Å²) in [6.07, 6.45) is 0. The maximum absolute atomic E-state index is 13.4. The minimum Gasteiger partial charge on any atom is -0.507 e. The van der Waals surface area contributed by atoms with Gasteiger partial charge in [-0.15, -0.1) is 0 Å². The van der Waals surface area contributed by atoms with Gasteiger partial charge in [-0.25, -0.2) is 0 Å². The number of ether oxygens (including phenoxy) is 2. The summed E-state index contributed by atoms with van der Waals surface area (Å²) in [4.78, 5) is 28.3. The molecule has 6 nitrogen and oxygen atoms in total. The van der Waals surface area contributed by atoms with Crippen LogP contribution in [0, 0.1) is 6.92 Å². The molecule has 40 heavy (non-hydrogen) atoms. The van der Waals surface area contributed by atoms with Gasteiger partial charge in [0.25, 0.3) is 11.7 Å². The Morgan fingerprint density at radius 2 is 1.50 bits per heavy atom. The fourth-order valence-electron chi connectivity index (χ4n) is 4.93. The lowest BCUT2D eigenvalue weighted by molar-refractivity contribution is -0.140. The third-order valence-corrected chi connectivity index (χ3v) is 6.93. The van der Waals surface area contributed by atoms with Gasteiger partial charge in [-0.05, 0) is 66.4 Å². The highest BCUT2D eigenvalue weighted by Crippen LogP contribution is 2.40. The van der Waals surface area contributed by atoms with Crippen molar-refractivity contribution < 1.29 is 24.2 Å². The van der Waals surface area contributed by atoms with Crippen LogP contribution in [0.25, 0.3) is 5.76 Å². The van der Waals surface area contributed by atoms with E-state index in [1.807, 2.05) is 98.8 Å². The molecule has 6 heteroatoms. The molecule has 4 aromatic rings. The Bertz CT molecular complexity index is 1530. The van der Waals surface area contributed by atoms with E-state index in [1.54, 1.807) is 18.2 Å². The number of likely N-dealkylation sites (tertiary alicyclic amines) is 1. The lowest BCUT2D eigenvalue weighted by Crippen LogP contribution is -2.29. The van der Waals surface area contributed by atoms with Crippen LogP contribution in [-0.4, -0.2) is 28.3 Å². The predicted molar refractivity (Wildman–Crippen MR) is 154 cm³/mol. The summed E-state index contributed by atoms with van der Waals surface area (Å²) in [5, 5.41) is 11.5. The number of carbonyl (C=O) groups excluding carboxylic acids is 2. The van der Waals surface area contributed by atoms with Gasteiger partial charge in [0.1, 0.15) is 23.9 Å². The lowest BCUT2D eigenvalue weighted by Gasteiger charge is -2.25. The molecule has 1 unspecified atom stereocenters. The van der Waals surface area contributed by atoms with E-state index in [1.165, 1.54) is 4.90 Å². The standard InChI is InChI=1S/C34H31NO5/c1-3-39-28-17-14-24(15-18-28)21-35-31(26-12-8-5-9-13-26)30(33(37)34(35)38)32(36)27-16-19-29(23(2)20-27)40-22-25-10-6-4-7-11-25/h4-20,31,36H,3,21-22H2,1-2H3/b32-30-. The summed E-state index contributed by atoms with van der Waals surface area (Å²) < 4.78 is 11.5. The molecular formula is C34H31NO5. The fraction of sp³-hybridized carbons (Fsp3) is 0.176. The first kappa shape index (κ1) is 26.8. The molecule has 1 N–H and O–H groups in total. The topological polar surface area (TPSA) is 76.1 Å². The summed E-state index contributed by atoms with van der Waals surface area (Å²) in [7, 11) is 0. The van der Waals surface area contributed by atoms with E-state index >= 15 is 0 Å². The minimum absolute atomic E-state index is 0.0690. The number of nitrogens with zero attached hydrogens (tertiary/aromatic N) is 1. The molecule has 4 aromatic carbocycles. The molecule has 202 valence electrons. The largest absolute Gasteiger partial charge is 0.507 e. The number of aliphatic hydroxyl groups excluding tert-OH is 1. The van der Waals surface area contributed by atoms with Crippen LogP contribution >= 0.6 is 0 Å². The number of Topliss-reactive ketones (excluding diaryl/α,β-unsaturated/α-hetero) is 1. The fourth-order valence-corrected chi connectivity index (χ4v) is 4.93. The molecule has 0 radical (unpaired) electrons. The van der Waals surface area contributed by atoms with E-state index in [0.29, 0.717) is 24.5 Å². The third-order valence-electron chi connectivity index (χ3n) is 6.93. The van der Waals surface area contributed by atoms with Crippen molar-refractivity contribution in [3.8, 4) is 11.5 Å². The molecule has 1 atom stereocenters. The summed E-state index contributed by atoms with van der Waals surface area (Å²) in [6.45, 7) is 4.98. The second-order valence-corrected chi connectivity index (χ2v) is 9.67. The molecule has 1 aliphatic rings. The van der Waals surface area contributed by atoms with Crippen molar-refractivity contribution in [3.05, 3.63) is 137 Å². The van der Waals surface area contributed by atoms with Crippen LogP contribution in [0.15, 0.2) is 109 Å². The molecule has 1 aliphatic heterocycles. The van der Waals surface area contributed by atoms with Crippen LogP contribution in [0.2, 0.25) is 0 Å². The molecule has 0 spiro atoms. The molecule has 1 saturated heterocycles. The van der Waals surface area contributed by atoms with Gasteiger partial charge in [-0.1, -0.05) is 72.8 Å². The van der Waals surface area contributed by atoms with Crippen molar-refractivity contribution in [3.63, 3.8) is 0 Å². The highest BCUT2D eigenvalue weighted by atomic mass is 16.5. The molecule has 0 aliphatic carbocycles. The Morgan fingerprint density at radius 1 is 0.825 bits per heavy atom. The highest BCUT2D eigenvalue weighted by Gasteiger charge is 2.46. The summed E-state index contributed by atoms with van der Waals surface area (Å²) in [5.41, 5.74) is 3.96. The van der Waals surface area contributed by atoms with E-state index in [0.717, 1.165) is 28.0 Å². The van der Waals surface area contributed by atoms with E-state index < -0.39 is 17.7 Å². The van der Waals surface area contributed by atoms with Gasteiger partial charge >= 0.3 is 0 Å². The number of hydrogen-bond donors (Lipinski definition) is 1. The Morgan fingerprint density at radius 3 is 2.15 bits per heavy atom. The Balaban J connectivity index is 1.47. The van der Waals surface area contributed by atoms with Crippen LogP contribution in [-0.2, 0) is 22.7 Å². The molecule has 0 aromatic heterocycles. The van der Waals surface area contributed by atoms with E-state index in [9.17, 15) is 14.7 Å². The molecule has 1 heterocycles. The highest BCUT2D eigenvalue weighted by molar-refractivity contribution is 6.46. The van der Waals surface area contributed by atoms with Crippen LogP contribution in [0.1, 0.15) is 40.8 Å². The zero-order chi connectivity index (χ0) is 28.1. The average molecular weight is 534 g/mol. The Hall–Kier alpha value is -4.84. The minimum atomic E-state index is -0.734. The van der Waals surface area contributed by atoms with E-state index in [4.69, 9.17) is 9.47 Å². The Labute approximate surface area is 234 Å². The number of rotatable bonds is 9. The number of hydrogen-bond acceptors (Lipinski definition) is 5. The van der Waals surface area contributed by atoms with Gasteiger partial charge in [0, 0.05) is 12.1 Å². The zero-order valence-electron chi connectivity index (χ0n) is 22.5. The molecule has 1 fully saturated rings. The normalized spacial score (nSPS) is 16.2. The smallest absolute Gasteiger partial charge is 0.295 e. The molecule has 5 rings (SSSR count). The summed E-state index contributed by atoms with van der Waals surface area (Å²) >= 11 is 0. The van der Waals surface area contributed by atoms with Gasteiger partial charge < -0.3 is 19.5 Å². The Kier molecular flexibility index (Phi) is 7.97. The van der Waals surface area contributed by atoms with Crippen LogP contribution in [0.5, 0.6) is 11.5 Å². The second kappa shape index (κ2) is 11.9. The van der Waals surface area contributed by atoms with Crippen LogP contribution < -0.4 is 9.47 Å². The van der Waals surface area contributed by atoms with E-state index in [-0.39, 0.29) is 17.9 Å². The van der Waals surface area contributed by atoms with Gasteiger partial charge in [0.2, 0.25) is 0 Å². The number of benzene rings is 4. The number of carbonyl (C=O) groups is 2. The third kappa shape index (κ3) is 5.61. The van der Waals surface area contributed by atoms with Gasteiger partial charge in [0.05, 0.1) is 18.2 Å². The van der Waals surface area contributed by atoms with Crippen LogP contribution in [0.4, 0.5) is 0 Å². The molecule has 0 bridgehead atoms. The first-order valence-corrected chi connectivity index (χ1v) is 13.3. The first-order chi connectivity index (χ1) is 19.5. The first-order valence-electron chi connectivity index (χ1n) is 13.3. The molecule has 0 saturated carbocycles. The van der Waals surface area contributed by atoms with Gasteiger partial charge in [0.15, 0.2) is 0 Å². The number of amides is 1. The zero-order valence-corrected chi connectivity index (χ0v) is 22.5. The SMILES string of the molecule is CCOc1ccc(CN2C(=O)C(=O)/C(=C(\O)c3ccc(OCc4ccccc4)c(C)c3)C2c2ccccc2)cc1. The van der Waals surface area contributed by atoms with Crippen molar-refractivity contribution in [2.45, 2.75) is 33.0 Å². The monoisotopic (exact) mass is 533 g/mol. The van der Waals surface area contributed by atoms with Gasteiger partial charge in [-0.3, -0.25) is 9.59 Å². The molecule has 1 amide bonds.